The predicted octanol–water partition coefficient (Wildman–Crippen LogP) is 8.09. The van der Waals surface area contributed by atoms with Crippen LogP contribution < -0.4 is 21.2 Å². The average Bonchev–Trinajstić information content (AvgIpc) is 3.34. The lowest BCUT2D eigenvalue weighted by Gasteiger charge is -2.30. The van der Waals surface area contributed by atoms with Gasteiger partial charge in [0.2, 0.25) is 0 Å². The molecule has 0 spiro atoms. The summed E-state index contributed by atoms with van der Waals surface area (Å²) in [6, 6.07) is 36.7. The molecule has 1 aliphatic carbocycles. The Labute approximate surface area is 225 Å². The Morgan fingerprint density at radius 2 is 1.00 bits per heavy atom. The van der Waals surface area contributed by atoms with Crippen LogP contribution in [0.25, 0.3) is 0 Å². The van der Waals surface area contributed by atoms with Crippen molar-refractivity contribution in [2.75, 3.05) is 0 Å². The SMILES string of the molecule is Cc1cc(C)cc(P(c2cc(C)cc(C)c2)[C@@H](C)C2=C(P(c3ccccc3)c3ccccc3)CC=C2)c1. The van der Waals surface area contributed by atoms with Crippen molar-refractivity contribution in [3.05, 3.63) is 142 Å². The van der Waals surface area contributed by atoms with Gasteiger partial charge in [0.1, 0.15) is 0 Å². The Morgan fingerprint density at radius 3 is 1.43 bits per heavy atom. The quantitative estimate of drug-likeness (QED) is 0.217. The van der Waals surface area contributed by atoms with Crippen LogP contribution in [0.5, 0.6) is 0 Å². The zero-order chi connectivity index (χ0) is 25.9. The summed E-state index contributed by atoms with van der Waals surface area (Å²) < 4.78 is 0. The van der Waals surface area contributed by atoms with Crippen LogP contribution in [0, 0.1) is 27.7 Å². The number of aryl methyl sites for hydroxylation is 4. The highest BCUT2D eigenvalue weighted by Crippen LogP contribution is 2.54. The fraction of sp³-hybridized carbons (Fsp3) is 0.200. The van der Waals surface area contributed by atoms with Crippen molar-refractivity contribution in [3.63, 3.8) is 0 Å². The number of allylic oxidation sites excluding steroid dienone is 4. The molecular weight excluding hydrogens is 482 g/mol. The molecule has 4 aromatic rings. The highest BCUT2D eigenvalue weighted by Gasteiger charge is 2.30. The van der Waals surface area contributed by atoms with Gasteiger partial charge in [0.25, 0.3) is 0 Å². The third-order valence-electron chi connectivity index (χ3n) is 7.05. The molecule has 186 valence electrons. The lowest BCUT2D eigenvalue weighted by Crippen LogP contribution is -2.23. The van der Waals surface area contributed by atoms with E-state index in [1.165, 1.54) is 43.5 Å². The Kier molecular flexibility index (Phi) is 7.90. The zero-order valence-electron chi connectivity index (χ0n) is 22.6. The highest BCUT2D eigenvalue weighted by atomic mass is 31.1. The molecule has 1 aliphatic rings. The summed E-state index contributed by atoms with van der Waals surface area (Å²) >= 11 is 0. The van der Waals surface area contributed by atoms with Crippen LogP contribution in [0.15, 0.2) is 120 Å². The smallest absolute Gasteiger partial charge is 0.00970 e. The summed E-state index contributed by atoms with van der Waals surface area (Å²) in [5, 5.41) is 7.46. The summed E-state index contributed by atoms with van der Waals surface area (Å²) in [5.41, 5.74) is 7.38. The molecule has 37 heavy (non-hydrogen) atoms. The maximum atomic E-state index is 2.48. The van der Waals surface area contributed by atoms with Crippen molar-refractivity contribution in [3.8, 4) is 0 Å². The van der Waals surface area contributed by atoms with Gasteiger partial charge in [-0.3, -0.25) is 0 Å². The van der Waals surface area contributed by atoms with E-state index < -0.39 is 15.8 Å². The van der Waals surface area contributed by atoms with Gasteiger partial charge in [-0.2, -0.15) is 0 Å². The van der Waals surface area contributed by atoms with E-state index in [0.29, 0.717) is 5.66 Å². The highest BCUT2D eigenvalue weighted by molar-refractivity contribution is 7.77. The monoisotopic (exact) mass is 518 g/mol. The molecule has 0 amide bonds. The first kappa shape index (κ1) is 25.9. The third kappa shape index (κ3) is 5.72. The average molecular weight is 519 g/mol. The molecule has 0 heterocycles. The van der Waals surface area contributed by atoms with Crippen molar-refractivity contribution in [2.24, 2.45) is 0 Å². The van der Waals surface area contributed by atoms with E-state index in [9.17, 15) is 0 Å². The fourth-order valence-electron chi connectivity index (χ4n) is 5.64. The normalized spacial score (nSPS) is 14.1. The minimum absolute atomic E-state index is 0.420. The van der Waals surface area contributed by atoms with Crippen molar-refractivity contribution in [1.29, 1.82) is 0 Å². The van der Waals surface area contributed by atoms with Crippen molar-refractivity contribution in [2.45, 2.75) is 46.7 Å². The van der Waals surface area contributed by atoms with Gasteiger partial charge in [-0.1, -0.05) is 138 Å². The third-order valence-corrected chi connectivity index (χ3v) is 12.3. The molecule has 0 aliphatic heterocycles. The minimum Gasteiger partial charge on any atom is -0.0798 e. The van der Waals surface area contributed by atoms with E-state index in [1.807, 2.05) is 0 Å². The summed E-state index contributed by atoms with van der Waals surface area (Å²) in [7, 11) is -1.16. The van der Waals surface area contributed by atoms with Crippen LogP contribution in [0.2, 0.25) is 0 Å². The fourth-order valence-corrected chi connectivity index (χ4v) is 11.5. The van der Waals surface area contributed by atoms with E-state index in [2.05, 4.69) is 144 Å². The number of hydrogen-bond acceptors (Lipinski definition) is 0. The zero-order valence-corrected chi connectivity index (χ0v) is 24.4. The van der Waals surface area contributed by atoms with Crippen LogP contribution >= 0.6 is 15.8 Å². The molecule has 4 aromatic carbocycles. The molecule has 0 aromatic heterocycles. The van der Waals surface area contributed by atoms with Crippen molar-refractivity contribution >= 4 is 37.1 Å². The van der Waals surface area contributed by atoms with Gasteiger partial charge in [0.15, 0.2) is 0 Å². The first-order valence-corrected chi connectivity index (χ1v) is 15.9. The second-order valence-corrected chi connectivity index (χ2v) is 15.0. The van der Waals surface area contributed by atoms with E-state index in [-0.39, 0.29) is 0 Å². The Bertz CT molecular complexity index is 1320. The summed E-state index contributed by atoms with van der Waals surface area (Å²) in [5.74, 6) is 0. The second kappa shape index (κ2) is 11.3. The standard InChI is InChI=1S/C35H36P2/c1-25-19-26(2)22-32(21-25)36(33-23-27(3)20-28(4)24-33)29(5)34-17-12-18-35(34)37(30-13-8-6-9-14-30)31-15-10-7-11-16-31/h6-17,19-24,29H,18H2,1-5H3/t29-/m0/s1. The summed E-state index contributed by atoms with van der Waals surface area (Å²) in [6.45, 7) is 11.4. The Balaban J connectivity index is 1.69. The van der Waals surface area contributed by atoms with Gasteiger partial charge in [-0.05, 0) is 82.1 Å². The van der Waals surface area contributed by atoms with Crippen LogP contribution in [-0.2, 0) is 0 Å². The van der Waals surface area contributed by atoms with Crippen molar-refractivity contribution in [1.82, 2.24) is 0 Å². The van der Waals surface area contributed by atoms with E-state index in [0.717, 1.165) is 6.42 Å². The van der Waals surface area contributed by atoms with Gasteiger partial charge in [0, 0.05) is 5.66 Å². The van der Waals surface area contributed by atoms with Gasteiger partial charge in [-0.25, -0.2) is 0 Å². The molecule has 0 fully saturated rings. The van der Waals surface area contributed by atoms with Crippen LogP contribution in [-0.4, -0.2) is 5.66 Å². The first-order valence-electron chi connectivity index (χ1n) is 13.2. The molecule has 0 bridgehead atoms. The second-order valence-electron chi connectivity index (χ2n) is 10.3. The minimum atomic E-state index is -0.584. The molecule has 0 nitrogen and oxygen atoms in total. The van der Waals surface area contributed by atoms with Crippen LogP contribution in [0.3, 0.4) is 0 Å². The number of rotatable bonds is 7. The van der Waals surface area contributed by atoms with Crippen molar-refractivity contribution < 1.29 is 0 Å². The number of hydrogen-bond donors (Lipinski definition) is 0. The lowest BCUT2D eigenvalue weighted by molar-refractivity contribution is 1.15. The van der Waals surface area contributed by atoms with Gasteiger partial charge < -0.3 is 0 Å². The molecule has 2 heteroatoms. The van der Waals surface area contributed by atoms with E-state index >= 15 is 0 Å². The van der Waals surface area contributed by atoms with Gasteiger partial charge >= 0.3 is 0 Å². The topological polar surface area (TPSA) is 0 Å². The maximum absolute atomic E-state index is 2.48. The molecular formula is C35H36P2. The van der Waals surface area contributed by atoms with Crippen LogP contribution in [0.4, 0.5) is 0 Å². The van der Waals surface area contributed by atoms with Gasteiger partial charge in [-0.15, -0.1) is 0 Å². The lowest BCUT2D eigenvalue weighted by atomic mass is 10.2. The van der Waals surface area contributed by atoms with Gasteiger partial charge in [0.05, 0.1) is 0 Å². The van der Waals surface area contributed by atoms with E-state index in [4.69, 9.17) is 0 Å². The maximum Gasteiger partial charge on any atom is 0.00970 e. The molecule has 0 saturated heterocycles. The molecule has 0 N–H and O–H groups in total. The molecule has 0 unspecified atom stereocenters. The number of benzene rings is 4. The summed E-state index contributed by atoms with van der Waals surface area (Å²) in [4.78, 5) is 0. The molecule has 0 saturated carbocycles. The van der Waals surface area contributed by atoms with E-state index in [1.54, 1.807) is 10.9 Å². The molecule has 1 atom stereocenters. The Hall–Kier alpha value is -2.78. The molecule has 5 rings (SSSR count). The largest absolute Gasteiger partial charge is 0.0798 e. The first-order chi connectivity index (χ1) is 17.9. The van der Waals surface area contributed by atoms with Crippen LogP contribution in [0.1, 0.15) is 35.6 Å². The summed E-state index contributed by atoms with van der Waals surface area (Å²) in [6.07, 6.45) is 5.89. The molecule has 0 radical (unpaired) electrons. The predicted molar refractivity (Wildman–Crippen MR) is 167 cm³/mol. The Morgan fingerprint density at radius 1 is 0.568 bits per heavy atom.